The lowest BCUT2D eigenvalue weighted by Crippen LogP contribution is -2.44. The van der Waals surface area contributed by atoms with E-state index in [0.29, 0.717) is 22.4 Å². The Hall–Kier alpha value is -3.89. The van der Waals surface area contributed by atoms with Gasteiger partial charge in [-0.2, -0.15) is 0 Å². The molecule has 0 aliphatic rings. The van der Waals surface area contributed by atoms with E-state index in [2.05, 4.69) is 5.32 Å². The van der Waals surface area contributed by atoms with Gasteiger partial charge in [0.1, 0.15) is 6.04 Å². The van der Waals surface area contributed by atoms with Crippen LogP contribution in [0, 0.1) is 6.92 Å². The Labute approximate surface area is 234 Å². The Morgan fingerprint density at radius 1 is 0.949 bits per heavy atom. The summed E-state index contributed by atoms with van der Waals surface area (Å²) < 4.78 is 12.5. The van der Waals surface area contributed by atoms with Crippen molar-refractivity contribution in [2.75, 3.05) is 0 Å². The molecule has 3 rings (SSSR count). The number of amides is 1. The van der Waals surface area contributed by atoms with Crippen LogP contribution in [0.15, 0.2) is 52.1 Å². The van der Waals surface area contributed by atoms with Crippen molar-refractivity contribution in [1.29, 1.82) is 0 Å². The fraction of sp³-hybridized carbons (Fsp3) is 0.296. The first-order valence-corrected chi connectivity index (χ1v) is 12.6. The molecule has 39 heavy (non-hydrogen) atoms. The normalized spacial score (nSPS) is 12.4. The van der Waals surface area contributed by atoms with Crippen LogP contribution in [0.1, 0.15) is 35.5 Å². The Kier molecular flexibility index (Phi) is 9.36. The minimum Gasteiger partial charge on any atom is -0.426 e. The standard InChI is InChI=1S/C27H27Cl2N3O7/c1-14-22(25(35)32(5)27(37)31(14)4)18-11-9-17(10-12-18)13-21(26(36)39-16(3)38-15(2)33)30-24(34)23-19(28)7-6-8-20(23)29/h6-12,16,21H,13H2,1-5H3,(H,30,34)/t16?,21-/m0/s1. The predicted molar refractivity (Wildman–Crippen MR) is 146 cm³/mol. The molecule has 1 unspecified atom stereocenters. The third kappa shape index (κ3) is 6.76. The number of nitrogens with zero attached hydrogens (tertiary/aromatic N) is 2. The highest BCUT2D eigenvalue weighted by molar-refractivity contribution is 6.39. The Morgan fingerprint density at radius 2 is 1.54 bits per heavy atom. The van der Waals surface area contributed by atoms with Crippen LogP contribution in [0.5, 0.6) is 0 Å². The van der Waals surface area contributed by atoms with Crippen LogP contribution in [-0.4, -0.2) is 39.3 Å². The molecule has 1 aromatic heterocycles. The van der Waals surface area contributed by atoms with E-state index in [1.54, 1.807) is 44.3 Å². The van der Waals surface area contributed by atoms with Crippen molar-refractivity contribution < 1.29 is 23.9 Å². The molecule has 0 bridgehead atoms. The average Bonchev–Trinajstić information content (AvgIpc) is 2.86. The number of halogens is 2. The van der Waals surface area contributed by atoms with Crippen LogP contribution < -0.4 is 16.6 Å². The van der Waals surface area contributed by atoms with Crippen LogP contribution >= 0.6 is 23.2 Å². The van der Waals surface area contributed by atoms with Gasteiger partial charge in [0.25, 0.3) is 11.5 Å². The van der Waals surface area contributed by atoms with Crippen molar-refractivity contribution in [1.82, 2.24) is 14.5 Å². The molecule has 0 saturated heterocycles. The highest BCUT2D eigenvalue weighted by Crippen LogP contribution is 2.25. The van der Waals surface area contributed by atoms with Crippen molar-refractivity contribution in [3.05, 3.63) is 90.2 Å². The largest absolute Gasteiger partial charge is 0.426 e. The van der Waals surface area contributed by atoms with Gasteiger partial charge in [-0.1, -0.05) is 53.5 Å². The predicted octanol–water partition coefficient (Wildman–Crippen LogP) is 3.16. The van der Waals surface area contributed by atoms with Crippen LogP contribution in [0.3, 0.4) is 0 Å². The summed E-state index contributed by atoms with van der Waals surface area (Å²) in [6, 6.07) is 10.1. The van der Waals surface area contributed by atoms with Gasteiger partial charge >= 0.3 is 17.6 Å². The van der Waals surface area contributed by atoms with Gasteiger partial charge in [0.05, 0.1) is 21.2 Å². The van der Waals surface area contributed by atoms with Gasteiger partial charge in [0, 0.05) is 40.1 Å². The molecule has 1 heterocycles. The zero-order valence-electron chi connectivity index (χ0n) is 21.9. The lowest BCUT2D eigenvalue weighted by Gasteiger charge is -2.21. The number of hydrogen-bond acceptors (Lipinski definition) is 7. The number of carbonyl (C=O) groups is 3. The van der Waals surface area contributed by atoms with E-state index in [1.165, 1.54) is 37.6 Å². The zero-order valence-corrected chi connectivity index (χ0v) is 23.4. The van der Waals surface area contributed by atoms with E-state index in [0.717, 1.165) is 4.57 Å². The molecule has 2 atom stereocenters. The van der Waals surface area contributed by atoms with Gasteiger partial charge in [0.2, 0.25) is 6.29 Å². The summed E-state index contributed by atoms with van der Waals surface area (Å²) >= 11 is 12.3. The molecule has 0 radical (unpaired) electrons. The van der Waals surface area contributed by atoms with Crippen molar-refractivity contribution >= 4 is 41.0 Å². The number of ether oxygens (including phenoxy) is 2. The third-order valence-electron chi connectivity index (χ3n) is 6.03. The molecule has 206 valence electrons. The van der Waals surface area contributed by atoms with E-state index in [4.69, 9.17) is 32.7 Å². The Balaban J connectivity index is 1.92. The van der Waals surface area contributed by atoms with Crippen molar-refractivity contribution in [3.63, 3.8) is 0 Å². The number of benzene rings is 2. The van der Waals surface area contributed by atoms with Crippen LogP contribution in [0.25, 0.3) is 11.1 Å². The lowest BCUT2D eigenvalue weighted by molar-refractivity contribution is -0.184. The van der Waals surface area contributed by atoms with Crippen molar-refractivity contribution in [2.24, 2.45) is 14.1 Å². The van der Waals surface area contributed by atoms with Crippen molar-refractivity contribution in [3.8, 4) is 11.1 Å². The van der Waals surface area contributed by atoms with Gasteiger partial charge < -0.3 is 19.4 Å². The Morgan fingerprint density at radius 3 is 2.10 bits per heavy atom. The molecule has 0 spiro atoms. The molecule has 2 aromatic carbocycles. The summed E-state index contributed by atoms with van der Waals surface area (Å²) in [5, 5.41) is 2.79. The second kappa shape index (κ2) is 12.3. The molecule has 10 nitrogen and oxygen atoms in total. The van der Waals surface area contributed by atoms with E-state index in [9.17, 15) is 24.0 Å². The molecule has 0 saturated carbocycles. The second-order valence-corrected chi connectivity index (χ2v) is 9.62. The van der Waals surface area contributed by atoms with Crippen LogP contribution in [0.4, 0.5) is 0 Å². The quantitative estimate of drug-likeness (QED) is 0.323. The molecule has 0 fully saturated rings. The number of aromatic nitrogens is 2. The first-order chi connectivity index (χ1) is 18.3. The van der Waals surface area contributed by atoms with E-state index >= 15 is 0 Å². The second-order valence-electron chi connectivity index (χ2n) is 8.80. The topological polar surface area (TPSA) is 126 Å². The van der Waals surface area contributed by atoms with E-state index < -0.39 is 41.4 Å². The summed E-state index contributed by atoms with van der Waals surface area (Å²) in [5.41, 5.74) is 1.17. The molecule has 1 amide bonds. The molecule has 1 N–H and O–H groups in total. The lowest BCUT2D eigenvalue weighted by atomic mass is 10.00. The Bertz CT molecular complexity index is 1520. The van der Waals surface area contributed by atoms with Gasteiger partial charge in [-0.15, -0.1) is 0 Å². The van der Waals surface area contributed by atoms with Crippen LogP contribution in [0.2, 0.25) is 10.0 Å². The minimum absolute atomic E-state index is 0.00994. The first-order valence-electron chi connectivity index (χ1n) is 11.8. The maximum Gasteiger partial charge on any atom is 0.332 e. The molecular weight excluding hydrogens is 549 g/mol. The highest BCUT2D eigenvalue weighted by atomic mass is 35.5. The summed E-state index contributed by atoms with van der Waals surface area (Å²) in [6.07, 6.45) is -1.20. The summed E-state index contributed by atoms with van der Waals surface area (Å²) in [5.74, 6) is -2.20. The molecule has 3 aromatic rings. The summed E-state index contributed by atoms with van der Waals surface area (Å²) in [7, 11) is 2.98. The number of hydrogen-bond donors (Lipinski definition) is 1. The fourth-order valence-electron chi connectivity index (χ4n) is 3.96. The van der Waals surface area contributed by atoms with E-state index in [1.807, 2.05) is 0 Å². The molecule has 12 heteroatoms. The zero-order chi connectivity index (χ0) is 29.0. The number of carbonyl (C=O) groups excluding carboxylic acids is 3. The van der Waals surface area contributed by atoms with Crippen LogP contribution in [-0.2, 0) is 39.6 Å². The van der Waals surface area contributed by atoms with E-state index in [-0.39, 0.29) is 22.0 Å². The van der Waals surface area contributed by atoms with Gasteiger partial charge in [-0.05, 0) is 30.2 Å². The molecule has 0 aliphatic carbocycles. The van der Waals surface area contributed by atoms with Gasteiger partial charge in [-0.3, -0.25) is 19.0 Å². The SMILES string of the molecule is CC(=O)OC(C)OC(=O)[C@H](Cc1ccc(-c2c(C)n(C)c(=O)n(C)c2=O)cc1)NC(=O)c1c(Cl)cccc1Cl. The maximum atomic E-state index is 13.0. The van der Waals surface area contributed by atoms with Gasteiger partial charge in [-0.25, -0.2) is 9.59 Å². The smallest absolute Gasteiger partial charge is 0.332 e. The van der Waals surface area contributed by atoms with Crippen molar-refractivity contribution in [2.45, 2.75) is 39.5 Å². The number of esters is 2. The number of rotatable bonds is 8. The molecular formula is C27H27Cl2N3O7. The van der Waals surface area contributed by atoms with Gasteiger partial charge in [0.15, 0.2) is 0 Å². The molecule has 0 aliphatic heterocycles. The summed E-state index contributed by atoms with van der Waals surface area (Å²) in [6.45, 7) is 4.22. The first kappa shape index (κ1) is 29.7. The number of nitrogens with one attached hydrogen (secondary N) is 1. The third-order valence-corrected chi connectivity index (χ3v) is 6.66. The highest BCUT2D eigenvalue weighted by Gasteiger charge is 2.27. The fourth-order valence-corrected chi connectivity index (χ4v) is 4.53. The average molecular weight is 576 g/mol. The minimum atomic E-state index is -1.21. The summed E-state index contributed by atoms with van der Waals surface area (Å²) in [4.78, 5) is 62.2. The monoisotopic (exact) mass is 575 g/mol. The maximum absolute atomic E-state index is 13.0.